The van der Waals surface area contributed by atoms with Crippen LogP contribution in [0.2, 0.25) is 10.0 Å². The van der Waals surface area contributed by atoms with Crippen molar-refractivity contribution in [3.8, 4) is 11.5 Å². The summed E-state index contributed by atoms with van der Waals surface area (Å²) in [7, 11) is -4.03. The Bertz CT molecular complexity index is 1110. The lowest BCUT2D eigenvalue weighted by Crippen LogP contribution is -2.45. The van der Waals surface area contributed by atoms with Gasteiger partial charge in [-0.1, -0.05) is 23.2 Å². The monoisotopic (exact) mass is 499 g/mol. The fourth-order valence-corrected chi connectivity index (χ4v) is 6.19. The summed E-state index contributed by atoms with van der Waals surface area (Å²) in [5.74, 6) is 0.124. The van der Waals surface area contributed by atoms with Gasteiger partial charge in [0, 0.05) is 42.4 Å². The van der Waals surface area contributed by atoms with Crippen LogP contribution in [0, 0.1) is 10.1 Å². The number of non-ortho nitro benzene ring substituents is 1. The Kier molecular flexibility index (Phi) is 6.92. The van der Waals surface area contributed by atoms with Gasteiger partial charge in [0.1, 0.15) is 16.4 Å². The van der Waals surface area contributed by atoms with Crippen LogP contribution >= 0.6 is 23.2 Å². The number of rotatable bonds is 6. The van der Waals surface area contributed by atoms with Crippen molar-refractivity contribution in [2.24, 2.45) is 0 Å². The first kappa shape index (κ1) is 23.3. The number of ether oxygens (including phenoxy) is 1. The highest BCUT2D eigenvalue weighted by Gasteiger charge is 2.35. The Morgan fingerprint density at radius 3 is 2.31 bits per heavy atom. The maximum Gasteiger partial charge on any atom is 0.271 e. The molecule has 4 rings (SSSR count). The Labute approximate surface area is 196 Å². The van der Waals surface area contributed by atoms with Crippen molar-refractivity contribution in [3.63, 3.8) is 0 Å². The van der Waals surface area contributed by atoms with E-state index < -0.39 is 14.9 Å². The maximum absolute atomic E-state index is 13.5. The summed E-state index contributed by atoms with van der Waals surface area (Å²) >= 11 is 12.2. The molecule has 0 unspecified atom stereocenters. The molecule has 0 spiro atoms. The van der Waals surface area contributed by atoms with Gasteiger partial charge in [0.25, 0.3) is 5.69 Å². The zero-order chi connectivity index (χ0) is 22.9. The first-order valence-corrected chi connectivity index (χ1v) is 12.6. The van der Waals surface area contributed by atoms with Gasteiger partial charge in [-0.15, -0.1) is 0 Å². The second-order valence-corrected chi connectivity index (χ2v) is 10.7. The average Bonchev–Trinajstić information content (AvgIpc) is 3.31. The minimum absolute atomic E-state index is 0.0403. The molecular formula is C21H23Cl2N3O5S. The topological polar surface area (TPSA) is 93.0 Å². The summed E-state index contributed by atoms with van der Waals surface area (Å²) in [6.07, 6.45) is 3.81. The Balaban J connectivity index is 1.63. The Morgan fingerprint density at radius 2 is 1.66 bits per heavy atom. The molecule has 2 aliphatic heterocycles. The van der Waals surface area contributed by atoms with Crippen molar-refractivity contribution in [3.05, 3.63) is 56.6 Å². The van der Waals surface area contributed by atoms with E-state index in [0.29, 0.717) is 24.2 Å². The van der Waals surface area contributed by atoms with Crippen LogP contribution in [0.3, 0.4) is 0 Å². The summed E-state index contributed by atoms with van der Waals surface area (Å²) in [5.41, 5.74) is -0.333. The zero-order valence-electron chi connectivity index (χ0n) is 17.2. The second-order valence-electron chi connectivity index (χ2n) is 7.94. The number of nitrogens with zero attached hydrogens (tertiary/aromatic N) is 3. The molecular weight excluding hydrogens is 477 g/mol. The van der Waals surface area contributed by atoms with E-state index in [4.69, 9.17) is 27.9 Å². The fourth-order valence-electron chi connectivity index (χ4n) is 4.26. The highest BCUT2D eigenvalue weighted by Crippen LogP contribution is 2.38. The zero-order valence-corrected chi connectivity index (χ0v) is 19.6. The minimum atomic E-state index is -4.03. The second kappa shape index (κ2) is 9.52. The van der Waals surface area contributed by atoms with Crippen molar-refractivity contribution in [1.29, 1.82) is 0 Å². The third kappa shape index (κ3) is 4.87. The Morgan fingerprint density at radius 1 is 0.969 bits per heavy atom. The molecule has 0 aromatic heterocycles. The number of hydrogen-bond acceptors (Lipinski definition) is 6. The van der Waals surface area contributed by atoms with Crippen LogP contribution in [0.25, 0.3) is 0 Å². The number of likely N-dealkylation sites (tertiary alicyclic amines) is 1. The third-order valence-corrected chi connectivity index (χ3v) is 8.42. The van der Waals surface area contributed by atoms with Crippen LogP contribution in [0.15, 0.2) is 41.3 Å². The molecule has 11 heteroatoms. The summed E-state index contributed by atoms with van der Waals surface area (Å²) in [6.45, 7) is 2.81. The predicted molar refractivity (Wildman–Crippen MR) is 122 cm³/mol. The lowest BCUT2D eigenvalue weighted by Gasteiger charge is -2.36. The van der Waals surface area contributed by atoms with Crippen LogP contribution in [0.4, 0.5) is 5.69 Å². The molecule has 0 saturated carbocycles. The van der Waals surface area contributed by atoms with Crippen molar-refractivity contribution in [2.75, 3.05) is 26.2 Å². The van der Waals surface area contributed by atoms with E-state index in [2.05, 4.69) is 4.90 Å². The van der Waals surface area contributed by atoms with Gasteiger partial charge in [0.2, 0.25) is 10.0 Å². The number of hydrogen-bond donors (Lipinski definition) is 0. The molecule has 2 heterocycles. The van der Waals surface area contributed by atoms with Crippen LogP contribution in [0.5, 0.6) is 11.5 Å². The molecule has 2 aromatic carbocycles. The number of benzene rings is 2. The normalized spacial score (nSPS) is 18.7. The van der Waals surface area contributed by atoms with E-state index in [1.54, 1.807) is 6.07 Å². The molecule has 0 radical (unpaired) electrons. The van der Waals surface area contributed by atoms with Gasteiger partial charge in [-0.25, -0.2) is 8.42 Å². The largest absolute Gasteiger partial charge is 0.454 e. The van der Waals surface area contributed by atoms with Gasteiger partial charge in [-0.2, -0.15) is 4.31 Å². The maximum atomic E-state index is 13.5. The molecule has 0 amide bonds. The molecule has 32 heavy (non-hydrogen) atoms. The van der Waals surface area contributed by atoms with Crippen LogP contribution < -0.4 is 4.74 Å². The van der Waals surface area contributed by atoms with Gasteiger partial charge < -0.3 is 9.64 Å². The quantitative estimate of drug-likeness (QED) is 0.412. The summed E-state index contributed by atoms with van der Waals surface area (Å²) in [6, 6.07) is 8.45. The first-order chi connectivity index (χ1) is 15.3. The van der Waals surface area contributed by atoms with Crippen molar-refractivity contribution in [1.82, 2.24) is 9.21 Å². The van der Waals surface area contributed by atoms with Gasteiger partial charge in [0.15, 0.2) is 0 Å². The molecule has 0 N–H and O–H groups in total. The molecule has 2 fully saturated rings. The van der Waals surface area contributed by atoms with Crippen molar-refractivity contribution >= 4 is 38.9 Å². The molecule has 0 atom stereocenters. The molecule has 2 aromatic rings. The first-order valence-electron chi connectivity index (χ1n) is 10.4. The van der Waals surface area contributed by atoms with Gasteiger partial charge in [-0.3, -0.25) is 10.1 Å². The van der Waals surface area contributed by atoms with E-state index in [1.807, 2.05) is 0 Å². The van der Waals surface area contributed by atoms with Crippen LogP contribution in [0.1, 0.15) is 25.7 Å². The van der Waals surface area contributed by atoms with Gasteiger partial charge in [0.05, 0.1) is 9.95 Å². The van der Waals surface area contributed by atoms with Crippen molar-refractivity contribution in [2.45, 2.75) is 36.6 Å². The molecule has 8 nitrogen and oxygen atoms in total. The molecule has 0 aliphatic carbocycles. The van der Waals surface area contributed by atoms with Crippen LogP contribution in [-0.4, -0.2) is 54.8 Å². The fraction of sp³-hybridized carbons (Fsp3) is 0.429. The molecule has 0 bridgehead atoms. The smallest absolute Gasteiger partial charge is 0.271 e. The third-order valence-electron chi connectivity index (χ3n) is 5.95. The number of nitro groups is 1. The standard InChI is InChI=1S/C21H23Cl2N3O5S/c22-15-3-5-18(23)20(13-15)31-19-6-4-17(26(27)28)14-21(19)32(29,30)25-11-7-16(8-12-25)24-9-1-2-10-24/h3-6,13-14,16H,1-2,7-12H2. The van der Waals surface area contributed by atoms with E-state index in [0.717, 1.165) is 32.0 Å². The number of piperidine rings is 1. The lowest BCUT2D eigenvalue weighted by atomic mass is 10.1. The van der Waals surface area contributed by atoms with Gasteiger partial charge >= 0.3 is 0 Å². The SMILES string of the molecule is O=[N+]([O-])c1ccc(Oc2cc(Cl)ccc2Cl)c(S(=O)(=O)N2CCC(N3CCCC3)CC2)c1. The van der Waals surface area contributed by atoms with E-state index in [1.165, 1.54) is 41.4 Å². The summed E-state index contributed by atoms with van der Waals surface area (Å²) in [5, 5.41) is 11.9. The highest BCUT2D eigenvalue weighted by atomic mass is 35.5. The highest BCUT2D eigenvalue weighted by molar-refractivity contribution is 7.89. The summed E-state index contributed by atoms with van der Waals surface area (Å²) < 4.78 is 34.2. The number of halogens is 2. The molecule has 2 aliphatic rings. The summed E-state index contributed by atoms with van der Waals surface area (Å²) in [4.78, 5) is 12.9. The number of sulfonamides is 1. The van der Waals surface area contributed by atoms with E-state index in [-0.39, 0.29) is 27.1 Å². The van der Waals surface area contributed by atoms with Crippen LogP contribution in [-0.2, 0) is 10.0 Å². The van der Waals surface area contributed by atoms with Gasteiger partial charge in [-0.05, 0) is 57.0 Å². The minimum Gasteiger partial charge on any atom is -0.454 e. The molecule has 172 valence electrons. The molecule has 2 saturated heterocycles. The lowest BCUT2D eigenvalue weighted by molar-refractivity contribution is -0.385. The predicted octanol–water partition coefficient (Wildman–Crippen LogP) is 4.94. The van der Waals surface area contributed by atoms with E-state index in [9.17, 15) is 18.5 Å². The Hall–Kier alpha value is -1.91. The van der Waals surface area contributed by atoms with Crippen molar-refractivity contribution < 1.29 is 18.1 Å². The van der Waals surface area contributed by atoms with E-state index >= 15 is 0 Å². The average molecular weight is 500 g/mol. The number of nitro benzene ring substituents is 1.